The lowest BCUT2D eigenvalue weighted by molar-refractivity contribution is 0.0751. The summed E-state index contributed by atoms with van der Waals surface area (Å²) in [5.41, 5.74) is 2.31. The van der Waals surface area contributed by atoms with Crippen LogP contribution in [0.25, 0.3) is 5.69 Å². The summed E-state index contributed by atoms with van der Waals surface area (Å²) < 4.78 is 1.31. The summed E-state index contributed by atoms with van der Waals surface area (Å²) in [6.45, 7) is 4.69. The minimum Gasteiger partial charge on any atom is -0.365 e. The van der Waals surface area contributed by atoms with Gasteiger partial charge < -0.3 is 9.80 Å². The third kappa shape index (κ3) is 3.95. The molecule has 0 spiro atoms. The standard InChI is InChI=1S/C24H25ClN4O2S/c1-16-7-8-20-17(13-16)14-21(32-20)23(30)28-11-9-27(10-12-28)19-15-26-29(24(31)22(19)25)18-5-3-2-4-6-18/h2-6,14-16H,7-13H2,1H3/t16-/m1/s1. The van der Waals surface area contributed by atoms with Crippen LogP contribution in [0.2, 0.25) is 5.02 Å². The van der Waals surface area contributed by atoms with Gasteiger partial charge in [-0.3, -0.25) is 9.59 Å². The number of halogens is 1. The molecule has 6 nitrogen and oxygen atoms in total. The number of hydrogen-bond donors (Lipinski definition) is 0. The van der Waals surface area contributed by atoms with Gasteiger partial charge in [-0.05, 0) is 48.9 Å². The fourth-order valence-corrected chi connectivity index (χ4v) is 5.94. The summed E-state index contributed by atoms with van der Waals surface area (Å²) in [5, 5.41) is 4.48. The van der Waals surface area contributed by atoms with Crippen LogP contribution in [0.5, 0.6) is 0 Å². The third-order valence-corrected chi connectivity index (χ3v) is 7.93. The van der Waals surface area contributed by atoms with E-state index in [9.17, 15) is 9.59 Å². The quantitative estimate of drug-likeness (QED) is 0.582. The Bertz CT molecular complexity index is 1200. The van der Waals surface area contributed by atoms with Gasteiger partial charge in [-0.15, -0.1) is 11.3 Å². The van der Waals surface area contributed by atoms with Crippen LogP contribution < -0.4 is 10.5 Å². The molecule has 1 aliphatic carbocycles. The molecule has 166 valence electrons. The van der Waals surface area contributed by atoms with Crippen LogP contribution in [0, 0.1) is 5.92 Å². The van der Waals surface area contributed by atoms with Crippen molar-refractivity contribution >= 4 is 34.5 Å². The van der Waals surface area contributed by atoms with Crippen molar-refractivity contribution < 1.29 is 4.79 Å². The van der Waals surface area contributed by atoms with Crippen molar-refractivity contribution in [1.82, 2.24) is 14.7 Å². The average Bonchev–Trinajstić information content (AvgIpc) is 3.24. The van der Waals surface area contributed by atoms with Crippen LogP contribution >= 0.6 is 22.9 Å². The number of anilines is 1. The summed E-state index contributed by atoms with van der Waals surface area (Å²) >= 11 is 8.11. The number of rotatable bonds is 3. The fraction of sp³-hybridized carbons (Fsp3) is 0.375. The zero-order chi connectivity index (χ0) is 22.2. The number of aromatic nitrogens is 2. The van der Waals surface area contributed by atoms with E-state index >= 15 is 0 Å². The van der Waals surface area contributed by atoms with E-state index in [0.29, 0.717) is 43.5 Å². The predicted molar refractivity (Wildman–Crippen MR) is 128 cm³/mol. The number of fused-ring (bicyclic) bond motifs is 1. The Balaban J connectivity index is 1.28. The van der Waals surface area contributed by atoms with Gasteiger partial charge in [0.25, 0.3) is 11.5 Å². The van der Waals surface area contributed by atoms with E-state index in [-0.39, 0.29) is 16.5 Å². The maximum absolute atomic E-state index is 13.1. The first kappa shape index (κ1) is 21.2. The molecule has 0 bridgehead atoms. The summed E-state index contributed by atoms with van der Waals surface area (Å²) in [6.07, 6.45) is 5.01. The lowest BCUT2D eigenvalue weighted by Crippen LogP contribution is -2.49. The summed E-state index contributed by atoms with van der Waals surface area (Å²) in [6, 6.07) is 11.3. The third-order valence-electron chi connectivity index (χ3n) is 6.35. The molecule has 5 rings (SSSR count). The van der Waals surface area contributed by atoms with Crippen LogP contribution in [0.3, 0.4) is 0 Å². The molecule has 32 heavy (non-hydrogen) atoms. The van der Waals surface area contributed by atoms with Crippen LogP contribution in [0.4, 0.5) is 5.69 Å². The van der Waals surface area contributed by atoms with Gasteiger partial charge >= 0.3 is 0 Å². The molecule has 1 saturated heterocycles. The van der Waals surface area contributed by atoms with Crippen LogP contribution in [0.1, 0.15) is 33.5 Å². The minimum atomic E-state index is -0.340. The van der Waals surface area contributed by atoms with E-state index in [2.05, 4.69) is 18.1 Å². The molecule has 0 N–H and O–H groups in total. The highest BCUT2D eigenvalue weighted by molar-refractivity contribution is 7.14. The maximum atomic E-state index is 13.1. The van der Waals surface area contributed by atoms with Crippen molar-refractivity contribution in [2.24, 2.45) is 5.92 Å². The Kier molecular flexibility index (Phi) is 5.78. The summed E-state index contributed by atoms with van der Waals surface area (Å²) in [4.78, 5) is 32.1. The number of carbonyl (C=O) groups is 1. The molecule has 1 atom stereocenters. The van der Waals surface area contributed by atoms with Crippen LogP contribution in [0.15, 0.2) is 47.4 Å². The second kappa shape index (κ2) is 8.71. The van der Waals surface area contributed by atoms with Gasteiger partial charge in [-0.1, -0.05) is 36.7 Å². The number of aryl methyl sites for hydroxylation is 1. The molecule has 3 aromatic rings. The van der Waals surface area contributed by atoms with Crippen molar-refractivity contribution in [3.05, 3.63) is 73.3 Å². The van der Waals surface area contributed by atoms with Crippen molar-refractivity contribution in [1.29, 1.82) is 0 Å². The fourth-order valence-electron chi connectivity index (χ4n) is 4.52. The smallest absolute Gasteiger partial charge is 0.292 e. The van der Waals surface area contributed by atoms with Gasteiger partial charge in [0.1, 0.15) is 5.02 Å². The summed E-state index contributed by atoms with van der Waals surface area (Å²) in [5.74, 6) is 0.805. The number of para-hydroxylation sites is 1. The first-order chi connectivity index (χ1) is 15.5. The van der Waals surface area contributed by atoms with Gasteiger partial charge in [0.05, 0.1) is 22.4 Å². The molecule has 2 aliphatic rings. The lowest BCUT2D eigenvalue weighted by Gasteiger charge is -2.36. The highest BCUT2D eigenvalue weighted by Gasteiger charge is 2.27. The Hall–Kier alpha value is -2.64. The predicted octanol–water partition coefficient (Wildman–Crippen LogP) is 4.03. The van der Waals surface area contributed by atoms with Gasteiger partial charge in [-0.25, -0.2) is 0 Å². The average molecular weight is 469 g/mol. The van der Waals surface area contributed by atoms with E-state index < -0.39 is 0 Å². The van der Waals surface area contributed by atoms with Gasteiger partial charge in [0, 0.05) is 31.1 Å². The molecule has 0 saturated carbocycles. The maximum Gasteiger partial charge on any atom is 0.292 e. The number of nitrogens with zero attached hydrogens (tertiary/aromatic N) is 4. The minimum absolute atomic E-state index is 0.111. The van der Waals surface area contributed by atoms with Crippen molar-refractivity contribution in [2.75, 3.05) is 31.1 Å². The Morgan fingerprint density at radius 1 is 1.16 bits per heavy atom. The SMILES string of the molecule is C[C@@H]1CCc2sc(C(=O)N3CCN(c4cnn(-c5ccccc5)c(=O)c4Cl)CC3)cc2C1. The van der Waals surface area contributed by atoms with E-state index in [4.69, 9.17) is 11.6 Å². The lowest BCUT2D eigenvalue weighted by atomic mass is 9.90. The monoisotopic (exact) mass is 468 g/mol. The van der Waals surface area contributed by atoms with Crippen molar-refractivity contribution in [3.63, 3.8) is 0 Å². The zero-order valence-electron chi connectivity index (χ0n) is 18.0. The van der Waals surface area contributed by atoms with Crippen LogP contribution in [-0.4, -0.2) is 46.8 Å². The number of carbonyl (C=O) groups excluding carboxylic acids is 1. The largest absolute Gasteiger partial charge is 0.365 e. The van der Waals surface area contributed by atoms with Crippen molar-refractivity contribution in [2.45, 2.75) is 26.2 Å². The number of piperazine rings is 1. The van der Waals surface area contributed by atoms with E-state index in [0.717, 1.165) is 17.7 Å². The highest BCUT2D eigenvalue weighted by Crippen LogP contribution is 2.33. The molecule has 1 fully saturated rings. The number of hydrogen-bond acceptors (Lipinski definition) is 5. The molecule has 0 unspecified atom stereocenters. The Labute approximate surface area is 196 Å². The van der Waals surface area contributed by atoms with E-state index in [1.165, 1.54) is 21.5 Å². The molecule has 0 radical (unpaired) electrons. The topological polar surface area (TPSA) is 58.4 Å². The normalized spacial score (nSPS) is 18.5. The first-order valence-electron chi connectivity index (χ1n) is 11.0. The van der Waals surface area contributed by atoms with Crippen molar-refractivity contribution in [3.8, 4) is 5.69 Å². The molecule has 1 amide bonds. The van der Waals surface area contributed by atoms with E-state index in [1.807, 2.05) is 40.1 Å². The van der Waals surface area contributed by atoms with Crippen LogP contribution in [-0.2, 0) is 12.8 Å². The molecule has 3 heterocycles. The highest BCUT2D eigenvalue weighted by atomic mass is 35.5. The van der Waals surface area contributed by atoms with Gasteiger partial charge in [0.15, 0.2) is 0 Å². The zero-order valence-corrected chi connectivity index (χ0v) is 19.5. The van der Waals surface area contributed by atoms with Gasteiger partial charge in [0.2, 0.25) is 0 Å². The molecule has 1 aliphatic heterocycles. The molecule has 2 aromatic heterocycles. The van der Waals surface area contributed by atoms with Gasteiger partial charge in [-0.2, -0.15) is 9.78 Å². The molecular weight excluding hydrogens is 444 g/mol. The Morgan fingerprint density at radius 3 is 2.66 bits per heavy atom. The molecular formula is C24H25ClN4O2S. The summed E-state index contributed by atoms with van der Waals surface area (Å²) in [7, 11) is 0. The van der Waals surface area contributed by atoms with E-state index in [1.54, 1.807) is 17.5 Å². The second-order valence-corrected chi connectivity index (χ2v) is 10.1. The number of amides is 1. The molecule has 1 aromatic carbocycles. The second-order valence-electron chi connectivity index (χ2n) is 8.58. The number of thiophene rings is 1. The molecule has 8 heteroatoms. The Morgan fingerprint density at radius 2 is 1.91 bits per heavy atom. The first-order valence-corrected chi connectivity index (χ1v) is 12.2. The number of benzene rings is 1.